The van der Waals surface area contributed by atoms with Crippen LogP contribution in [0.15, 0.2) is 47.4 Å². The fourth-order valence-electron chi connectivity index (χ4n) is 3.74. The number of piperidine rings is 1. The lowest BCUT2D eigenvalue weighted by Crippen LogP contribution is -2.38. The van der Waals surface area contributed by atoms with Crippen LogP contribution in [-0.4, -0.2) is 37.3 Å². The highest BCUT2D eigenvalue weighted by atomic mass is 32.2. The average Bonchev–Trinajstić information content (AvgIpc) is 3.17. The number of para-hydroxylation sites is 1. The lowest BCUT2D eigenvalue weighted by Gasteiger charge is -2.33. The number of nitrogens with zero attached hydrogens (tertiary/aromatic N) is 2. The maximum atomic E-state index is 13.6. The summed E-state index contributed by atoms with van der Waals surface area (Å²) in [6.45, 7) is 1.80. The molecule has 2 aromatic carbocycles. The monoisotopic (exact) mass is 445 g/mol. The number of methoxy groups -OCH3 is 1. The van der Waals surface area contributed by atoms with Gasteiger partial charge < -0.3 is 10.1 Å². The van der Waals surface area contributed by atoms with E-state index in [1.54, 1.807) is 21.7 Å². The number of ether oxygens (including phenoxy) is 1. The summed E-state index contributed by atoms with van der Waals surface area (Å²) >= 11 is 1.54. The number of fused-ring (bicyclic) bond motifs is 1. The van der Waals surface area contributed by atoms with E-state index in [0.717, 1.165) is 34.5 Å². The first kappa shape index (κ1) is 20.8. The second kappa shape index (κ2) is 8.33. The Morgan fingerprint density at radius 3 is 2.77 bits per heavy atom. The van der Waals surface area contributed by atoms with Gasteiger partial charge in [-0.15, -0.1) is 11.3 Å². The molecule has 0 bridgehead atoms. The summed E-state index contributed by atoms with van der Waals surface area (Å²) in [5.41, 5.74) is 1.22. The van der Waals surface area contributed by atoms with Crippen molar-refractivity contribution in [2.75, 3.05) is 19.0 Å². The van der Waals surface area contributed by atoms with Gasteiger partial charge in [-0.2, -0.15) is 4.31 Å². The lowest BCUT2D eigenvalue weighted by molar-refractivity contribution is -0.114. The minimum atomic E-state index is -3.79. The number of anilines is 1. The Labute approximate surface area is 179 Å². The molecule has 0 unspecified atom stereocenters. The summed E-state index contributed by atoms with van der Waals surface area (Å²) in [5.74, 6) is 0.110. The van der Waals surface area contributed by atoms with Gasteiger partial charge in [-0.25, -0.2) is 13.4 Å². The highest BCUT2D eigenvalue weighted by molar-refractivity contribution is 7.89. The van der Waals surface area contributed by atoms with Gasteiger partial charge in [-0.05, 0) is 43.2 Å². The summed E-state index contributed by atoms with van der Waals surface area (Å²) < 4.78 is 35.0. The molecule has 3 aromatic rings. The minimum Gasteiger partial charge on any atom is -0.495 e. The zero-order valence-electron chi connectivity index (χ0n) is 16.8. The first-order valence-corrected chi connectivity index (χ1v) is 12.0. The maximum absolute atomic E-state index is 13.6. The molecule has 0 saturated carbocycles. The van der Waals surface area contributed by atoms with Gasteiger partial charge in [-0.1, -0.05) is 18.6 Å². The number of nitrogens with one attached hydrogen (secondary N) is 1. The molecule has 0 spiro atoms. The number of carbonyl (C=O) groups is 1. The smallest absolute Gasteiger partial charge is 0.243 e. The summed E-state index contributed by atoms with van der Waals surface area (Å²) in [7, 11) is -2.31. The van der Waals surface area contributed by atoms with E-state index < -0.39 is 10.0 Å². The summed E-state index contributed by atoms with van der Waals surface area (Å²) in [4.78, 5) is 16.4. The molecule has 158 valence electrons. The molecule has 0 aliphatic carbocycles. The van der Waals surface area contributed by atoms with Crippen LogP contribution in [0.5, 0.6) is 5.75 Å². The van der Waals surface area contributed by atoms with Crippen LogP contribution >= 0.6 is 11.3 Å². The second-order valence-corrected chi connectivity index (χ2v) is 10.1. The van der Waals surface area contributed by atoms with Crippen LogP contribution in [0.4, 0.5) is 5.69 Å². The van der Waals surface area contributed by atoms with Gasteiger partial charge >= 0.3 is 0 Å². The van der Waals surface area contributed by atoms with Crippen molar-refractivity contribution in [1.29, 1.82) is 0 Å². The highest BCUT2D eigenvalue weighted by Crippen LogP contribution is 2.39. The molecule has 0 radical (unpaired) electrons. The summed E-state index contributed by atoms with van der Waals surface area (Å²) in [6.07, 6.45) is 2.48. The van der Waals surface area contributed by atoms with E-state index in [0.29, 0.717) is 18.0 Å². The lowest BCUT2D eigenvalue weighted by atomic mass is 10.1. The van der Waals surface area contributed by atoms with Crippen molar-refractivity contribution in [3.63, 3.8) is 0 Å². The van der Waals surface area contributed by atoms with E-state index >= 15 is 0 Å². The molecule has 1 aliphatic rings. The van der Waals surface area contributed by atoms with E-state index in [1.165, 1.54) is 26.2 Å². The molecule has 1 amide bonds. The number of hydrogen-bond acceptors (Lipinski definition) is 6. The average molecular weight is 446 g/mol. The number of sulfonamides is 1. The largest absolute Gasteiger partial charge is 0.495 e. The number of amides is 1. The third-order valence-corrected chi connectivity index (χ3v) is 8.18. The molecule has 9 heteroatoms. The van der Waals surface area contributed by atoms with Crippen molar-refractivity contribution >= 4 is 43.2 Å². The molecule has 30 heavy (non-hydrogen) atoms. The van der Waals surface area contributed by atoms with Crippen LogP contribution < -0.4 is 10.1 Å². The van der Waals surface area contributed by atoms with Crippen molar-refractivity contribution < 1.29 is 17.9 Å². The number of benzene rings is 2. The zero-order chi connectivity index (χ0) is 21.3. The van der Waals surface area contributed by atoms with Crippen molar-refractivity contribution in [1.82, 2.24) is 9.29 Å². The van der Waals surface area contributed by atoms with Gasteiger partial charge in [0.15, 0.2) is 0 Å². The van der Waals surface area contributed by atoms with Crippen LogP contribution in [0, 0.1) is 0 Å². The molecule has 1 atom stereocenters. The predicted octanol–water partition coefficient (Wildman–Crippen LogP) is 4.18. The Balaban J connectivity index is 1.73. The molecular weight excluding hydrogens is 422 g/mol. The molecule has 1 aliphatic heterocycles. The van der Waals surface area contributed by atoms with Crippen LogP contribution in [-0.2, 0) is 14.8 Å². The third-order valence-electron chi connectivity index (χ3n) is 5.14. The fraction of sp³-hybridized carbons (Fsp3) is 0.333. The number of carbonyl (C=O) groups excluding carboxylic acids is 1. The summed E-state index contributed by atoms with van der Waals surface area (Å²) in [6, 6.07) is 12.1. The van der Waals surface area contributed by atoms with E-state index in [4.69, 9.17) is 9.72 Å². The van der Waals surface area contributed by atoms with Gasteiger partial charge in [0.05, 0.1) is 34.0 Å². The second-order valence-electron chi connectivity index (χ2n) is 7.19. The first-order valence-electron chi connectivity index (χ1n) is 9.73. The van der Waals surface area contributed by atoms with E-state index in [1.807, 2.05) is 24.3 Å². The van der Waals surface area contributed by atoms with E-state index in [2.05, 4.69) is 5.32 Å². The van der Waals surface area contributed by atoms with Crippen molar-refractivity contribution in [3.05, 3.63) is 47.5 Å². The standard InChI is InChI=1S/C21H23N3O4S2/c1-14(25)22-17-13-15(10-11-19(17)28-2)30(26,27)24-12-6-5-8-18(24)21-23-16-7-3-4-9-20(16)29-21/h3-4,7,9-11,13,18H,5-6,8,12H2,1-2H3,(H,22,25)/t18-/m1/s1. The molecule has 1 N–H and O–H groups in total. The number of rotatable bonds is 5. The van der Waals surface area contributed by atoms with Gasteiger partial charge in [0.25, 0.3) is 0 Å². The number of aromatic nitrogens is 1. The molecule has 1 saturated heterocycles. The Morgan fingerprint density at radius 1 is 1.23 bits per heavy atom. The van der Waals surface area contributed by atoms with Crippen molar-refractivity contribution in [2.24, 2.45) is 0 Å². The topological polar surface area (TPSA) is 88.6 Å². The normalized spacial score (nSPS) is 17.7. The SMILES string of the molecule is COc1ccc(S(=O)(=O)N2CCCC[C@@H]2c2nc3ccccc3s2)cc1NC(C)=O. The Bertz CT molecular complexity index is 1160. The van der Waals surface area contributed by atoms with Gasteiger partial charge in [0.1, 0.15) is 10.8 Å². The van der Waals surface area contributed by atoms with Crippen molar-refractivity contribution in [2.45, 2.75) is 37.1 Å². The molecular formula is C21H23N3O4S2. The highest BCUT2D eigenvalue weighted by Gasteiger charge is 2.36. The molecule has 4 rings (SSSR count). The van der Waals surface area contributed by atoms with Gasteiger partial charge in [0.2, 0.25) is 15.9 Å². The van der Waals surface area contributed by atoms with Gasteiger partial charge in [0, 0.05) is 13.5 Å². The van der Waals surface area contributed by atoms with Crippen LogP contribution in [0.3, 0.4) is 0 Å². The van der Waals surface area contributed by atoms with Crippen LogP contribution in [0.1, 0.15) is 37.2 Å². The zero-order valence-corrected chi connectivity index (χ0v) is 18.4. The predicted molar refractivity (Wildman–Crippen MR) is 117 cm³/mol. The quantitative estimate of drug-likeness (QED) is 0.636. The molecule has 1 aromatic heterocycles. The minimum absolute atomic E-state index is 0.125. The third kappa shape index (κ3) is 3.92. The molecule has 7 nitrogen and oxygen atoms in total. The van der Waals surface area contributed by atoms with Crippen molar-refractivity contribution in [3.8, 4) is 5.75 Å². The molecule has 2 heterocycles. The number of thiazole rings is 1. The van der Waals surface area contributed by atoms with Crippen LogP contribution in [0.25, 0.3) is 10.2 Å². The Morgan fingerprint density at radius 2 is 2.03 bits per heavy atom. The van der Waals surface area contributed by atoms with Gasteiger partial charge in [-0.3, -0.25) is 4.79 Å². The number of hydrogen-bond donors (Lipinski definition) is 1. The molecule has 1 fully saturated rings. The van der Waals surface area contributed by atoms with E-state index in [9.17, 15) is 13.2 Å². The summed E-state index contributed by atoms with van der Waals surface area (Å²) in [5, 5.41) is 3.46. The first-order chi connectivity index (χ1) is 14.4. The Kier molecular flexibility index (Phi) is 5.77. The van der Waals surface area contributed by atoms with Crippen LogP contribution in [0.2, 0.25) is 0 Å². The van der Waals surface area contributed by atoms with E-state index in [-0.39, 0.29) is 16.8 Å². The fourth-order valence-corrected chi connectivity index (χ4v) is 6.61. The maximum Gasteiger partial charge on any atom is 0.243 e. The Hall–Kier alpha value is -2.49.